The number of amides is 2. The maximum Gasteiger partial charge on any atom is 0.272 e. The average Bonchev–Trinajstić information content (AvgIpc) is 3.26. The van der Waals surface area contributed by atoms with E-state index >= 15 is 0 Å². The lowest BCUT2D eigenvalue weighted by molar-refractivity contribution is 0.0537. The number of hydrogen-bond acceptors (Lipinski definition) is 4. The van der Waals surface area contributed by atoms with Gasteiger partial charge in [-0.1, -0.05) is 13.8 Å². The highest BCUT2D eigenvalue weighted by atomic mass is 16.2. The number of carbonyl (C=O) groups excluding carboxylic acids is 2. The molecular formula is C20H28N6O2. The summed E-state index contributed by atoms with van der Waals surface area (Å²) in [4.78, 5) is 29.2. The van der Waals surface area contributed by atoms with Gasteiger partial charge in [0.05, 0.1) is 11.3 Å². The Hall–Kier alpha value is -2.64. The summed E-state index contributed by atoms with van der Waals surface area (Å²) in [5.41, 5.74) is 2.07. The highest BCUT2D eigenvalue weighted by molar-refractivity contribution is 5.97. The summed E-state index contributed by atoms with van der Waals surface area (Å²) >= 11 is 0. The summed E-state index contributed by atoms with van der Waals surface area (Å²) in [6.45, 7) is 7.06. The average molecular weight is 384 g/mol. The second-order valence-corrected chi connectivity index (χ2v) is 8.58. The minimum atomic E-state index is -0.177. The van der Waals surface area contributed by atoms with Gasteiger partial charge < -0.3 is 9.80 Å². The Bertz CT molecular complexity index is 904. The number of likely N-dealkylation sites (N-methyl/N-ethyl adjacent to an activating group) is 1. The zero-order chi connectivity index (χ0) is 20.1. The number of hydrogen-bond donors (Lipinski definition) is 0. The quantitative estimate of drug-likeness (QED) is 0.804. The smallest absolute Gasteiger partial charge is 0.272 e. The van der Waals surface area contributed by atoms with Crippen LogP contribution in [0.4, 0.5) is 0 Å². The normalized spacial score (nSPS) is 18.8. The van der Waals surface area contributed by atoms with Crippen LogP contribution >= 0.6 is 0 Å². The predicted octanol–water partition coefficient (Wildman–Crippen LogP) is 1.53. The topological polar surface area (TPSA) is 76.3 Å². The number of likely N-dealkylation sites (tertiary alicyclic amines) is 1. The molecule has 2 aromatic heterocycles. The number of fused-ring (bicyclic) bond motifs is 2. The molecule has 4 rings (SSSR count). The van der Waals surface area contributed by atoms with E-state index in [4.69, 9.17) is 5.10 Å². The van der Waals surface area contributed by atoms with E-state index in [0.717, 1.165) is 30.6 Å². The second-order valence-electron chi connectivity index (χ2n) is 8.58. The first-order chi connectivity index (χ1) is 13.3. The summed E-state index contributed by atoms with van der Waals surface area (Å²) in [5, 5.41) is 8.94. The molecule has 2 aliphatic rings. The Balaban J connectivity index is 1.59. The molecule has 0 unspecified atom stereocenters. The van der Waals surface area contributed by atoms with Gasteiger partial charge in [-0.05, 0) is 24.8 Å². The van der Waals surface area contributed by atoms with Crippen LogP contribution in [-0.2, 0) is 19.0 Å². The standard InChI is InChI=1S/C20H28N6O2/c1-14(2)11-26-12-15-17(22-26)20(13-23(3)18(15)27)6-9-25(10-7-20)19(28)16-5-8-21-24(16)4/h5,8,12,14H,6-7,9-11,13H2,1-4H3. The molecule has 1 fully saturated rings. The maximum absolute atomic E-state index is 12.8. The van der Waals surface area contributed by atoms with E-state index in [2.05, 4.69) is 18.9 Å². The molecule has 0 bridgehead atoms. The maximum atomic E-state index is 12.8. The lowest BCUT2D eigenvalue weighted by atomic mass is 9.72. The van der Waals surface area contributed by atoms with Crippen molar-refractivity contribution in [1.82, 2.24) is 29.4 Å². The zero-order valence-electron chi connectivity index (χ0n) is 17.1. The largest absolute Gasteiger partial charge is 0.341 e. The van der Waals surface area contributed by atoms with Gasteiger partial charge in [-0.15, -0.1) is 0 Å². The third-order valence-corrected chi connectivity index (χ3v) is 5.98. The van der Waals surface area contributed by atoms with E-state index in [1.807, 2.05) is 27.7 Å². The van der Waals surface area contributed by atoms with Crippen LogP contribution in [0.3, 0.4) is 0 Å². The Morgan fingerprint density at radius 3 is 2.57 bits per heavy atom. The van der Waals surface area contributed by atoms with Gasteiger partial charge in [0.25, 0.3) is 11.8 Å². The van der Waals surface area contributed by atoms with Gasteiger partial charge in [0.2, 0.25) is 0 Å². The fourth-order valence-corrected chi connectivity index (χ4v) is 4.52. The van der Waals surface area contributed by atoms with Crippen LogP contribution in [0.25, 0.3) is 0 Å². The van der Waals surface area contributed by atoms with Crippen LogP contribution in [0, 0.1) is 5.92 Å². The molecule has 2 aliphatic heterocycles. The molecule has 28 heavy (non-hydrogen) atoms. The van der Waals surface area contributed by atoms with Crippen molar-refractivity contribution in [3.8, 4) is 0 Å². The van der Waals surface area contributed by atoms with Crippen LogP contribution in [0.1, 0.15) is 53.2 Å². The Morgan fingerprint density at radius 1 is 1.25 bits per heavy atom. The summed E-state index contributed by atoms with van der Waals surface area (Å²) in [7, 11) is 3.65. The fourth-order valence-electron chi connectivity index (χ4n) is 4.52. The summed E-state index contributed by atoms with van der Waals surface area (Å²) in [6.07, 6.45) is 5.16. The Morgan fingerprint density at radius 2 is 1.96 bits per heavy atom. The van der Waals surface area contributed by atoms with Gasteiger partial charge in [0, 0.05) is 58.1 Å². The lowest BCUT2D eigenvalue weighted by Gasteiger charge is -2.45. The number of aromatic nitrogens is 4. The summed E-state index contributed by atoms with van der Waals surface area (Å²) in [5.74, 6) is 0.521. The van der Waals surface area contributed by atoms with Crippen LogP contribution in [-0.4, -0.2) is 67.9 Å². The molecule has 8 heteroatoms. The molecule has 2 amide bonds. The van der Waals surface area contributed by atoms with Crippen LogP contribution < -0.4 is 0 Å². The zero-order valence-corrected chi connectivity index (χ0v) is 17.1. The third-order valence-electron chi connectivity index (χ3n) is 5.98. The number of carbonyl (C=O) groups is 2. The van der Waals surface area contributed by atoms with Gasteiger partial charge in [0.15, 0.2) is 0 Å². The van der Waals surface area contributed by atoms with Gasteiger partial charge >= 0.3 is 0 Å². The third kappa shape index (κ3) is 3.00. The van der Waals surface area contributed by atoms with Crippen molar-refractivity contribution in [2.24, 2.45) is 13.0 Å². The molecule has 1 spiro atoms. The Kier molecular flexibility index (Phi) is 4.51. The van der Waals surface area contributed by atoms with Crippen LogP contribution in [0.15, 0.2) is 18.5 Å². The minimum Gasteiger partial charge on any atom is -0.341 e. The van der Waals surface area contributed by atoms with Gasteiger partial charge in [-0.3, -0.25) is 19.0 Å². The Labute approximate surface area is 165 Å². The molecule has 2 aromatic rings. The summed E-state index contributed by atoms with van der Waals surface area (Å²) in [6, 6.07) is 1.76. The van der Waals surface area contributed by atoms with E-state index in [0.29, 0.717) is 31.2 Å². The first kappa shape index (κ1) is 18.7. The first-order valence-electron chi connectivity index (χ1n) is 9.91. The van der Waals surface area contributed by atoms with E-state index in [1.54, 1.807) is 24.0 Å². The van der Waals surface area contributed by atoms with Crippen molar-refractivity contribution in [3.05, 3.63) is 35.4 Å². The van der Waals surface area contributed by atoms with E-state index < -0.39 is 0 Å². The van der Waals surface area contributed by atoms with E-state index in [-0.39, 0.29) is 17.2 Å². The predicted molar refractivity (Wildman–Crippen MR) is 104 cm³/mol. The molecule has 150 valence electrons. The molecule has 0 radical (unpaired) electrons. The lowest BCUT2D eigenvalue weighted by Crippen LogP contribution is -2.54. The van der Waals surface area contributed by atoms with Crippen LogP contribution in [0.2, 0.25) is 0 Å². The number of piperidine rings is 1. The molecule has 0 aliphatic carbocycles. The molecule has 0 aromatic carbocycles. The van der Waals surface area contributed by atoms with E-state index in [9.17, 15) is 9.59 Å². The van der Waals surface area contributed by atoms with Gasteiger partial charge in [-0.25, -0.2) is 0 Å². The van der Waals surface area contributed by atoms with Crippen molar-refractivity contribution in [3.63, 3.8) is 0 Å². The highest BCUT2D eigenvalue weighted by Gasteiger charge is 2.47. The monoisotopic (exact) mass is 384 g/mol. The number of rotatable bonds is 3. The summed E-state index contributed by atoms with van der Waals surface area (Å²) < 4.78 is 3.53. The molecule has 0 atom stereocenters. The molecule has 4 heterocycles. The molecular weight excluding hydrogens is 356 g/mol. The van der Waals surface area contributed by atoms with Crippen molar-refractivity contribution in [2.45, 2.75) is 38.6 Å². The van der Waals surface area contributed by atoms with Crippen molar-refractivity contribution < 1.29 is 9.59 Å². The molecule has 8 nitrogen and oxygen atoms in total. The number of nitrogens with zero attached hydrogens (tertiary/aromatic N) is 6. The van der Waals surface area contributed by atoms with Crippen LogP contribution in [0.5, 0.6) is 0 Å². The highest BCUT2D eigenvalue weighted by Crippen LogP contribution is 2.40. The fraction of sp³-hybridized carbons (Fsp3) is 0.600. The van der Waals surface area contributed by atoms with Crippen molar-refractivity contribution in [1.29, 1.82) is 0 Å². The molecule has 0 N–H and O–H groups in total. The first-order valence-corrected chi connectivity index (χ1v) is 9.91. The minimum absolute atomic E-state index is 0.0145. The van der Waals surface area contributed by atoms with E-state index in [1.165, 1.54) is 0 Å². The van der Waals surface area contributed by atoms with Gasteiger partial charge in [-0.2, -0.15) is 10.2 Å². The van der Waals surface area contributed by atoms with Crippen molar-refractivity contribution >= 4 is 11.8 Å². The number of aryl methyl sites for hydroxylation is 1. The van der Waals surface area contributed by atoms with Gasteiger partial charge in [0.1, 0.15) is 5.69 Å². The molecule has 0 saturated carbocycles. The SMILES string of the molecule is CC(C)Cn1cc2c(n1)C1(CCN(C(=O)c3ccnn3C)CC1)CN(C)C2=O. The molecule has 1 saturated heterocycles. The van der Waals surface area contributed by atoms with Crippen molar-refractivity contribution in [2.75, 3.05) is 26.7 Å². The second kappa shape index (κ2) is 6.76.